The number of aliphatic hydroxyl groups is 2. The number of nitrogens with one attached hydrogen (secondary N) is 1. The van der Waals surface area contributed by atoms with Gasteiger partial charge in [0.25, 0.3) is 0 Å². The number of halogens is 1. The van der Waals surface area contributed by atoms with E-state index in [4.69, 9.17) is 14.2 Å². The fourth-order valence-corrected chi connectivity index (χ4v) is 3.50. The average molecular weight is 423 g/mol. The Bertz CT molecular complexity index is 852. The molecule has 0 bridgehead atoms. The minimum absolute atomic E-state index is 0.0452. The summed E-state index contributed by atoms with van der Waals surface area (Å²) >= 11 is 0. The standard InChI is InChI=1S/C21H30FN3O5/c1-21(2,3)30-20(27)24-12-5-7-17(29-11-12)16(26)9-13-14(22)10-23-15-6-8-18(28-4)25-19(13)15/h6,8,10,12,16-17,20,24,26-27H,5,7,9,11H2,1-4H3. The molecule has 9 heteroatoms. The molecule has 0 saturated carbocycles. The van der Waals surface area contributed by atoms with Crippen LogP contribution in [0.1, 0.15) is 39.2 Å². The highest BCUT2D eigenvalue weighted by Crippen LogP contribution is 2.25. The molecule has 166 valence electrons. The second kappa shape index (κ2) is 9.49. The second-order valence-corrected chi connectivity index (χ2v) is 8.47. The molecule has 2 aromatic heterocycles. The number of hydrogen-bond donors (Lipinski definition) is 3. The highest BCUT2D eigenvalue weighted by molar-refractivity contribution is 5.78. The van der Waals surface area contributed by atoms with Gasteiger partial charge in [-0.05, 0) is 39.7 Å². The van der Waals surface area contributed by atoms with Crippen molar-refractivity contribution < 1.29 is 28.8 Å². The molecule has 0 aliphatic carbocycles. The lowest BCUT2D eigenvalue weighted by Gasteiger charge is -2.34. The smallest absolute Gasteiger partial charge is 0.214 e. The van der Waals surface area contributed by atoms with Gasteiger partial charge in [0.2, 0.25) is 12.3 Å². The van der Waals surface area contributed by atoms with Crippen LogP contribution in [0.15, 0.2) is 18.3 Å². The molecule has 0 aromatic carbocycles. The summed E-state index contributed by atoms with van der Waals surface area (Å²) in [6.07, 6.45) is -0.0361. The van der Waals surface area contributed by atoms with Crippen molar-refractivity contribution in [2.75, 3.05) is 13.7 Å². The average Bonchev–Trinajstić information content (AvgIpc) is 2.68. The molecule has 0 radical (unpaired) electrons. The van der Waals surface area contributed by atoms with E-state index in [0.717, 1.165) is 6.20 Å². The Morgan fingerprint density at radius 3 is 2.70 bits per heavy atom. The van der Waals surface area contributed by atoms with Gasteiger partial charge in [-0.1, -0.05) is 0 Å². The number of hydrogen-bond acceptors (Lipinski definition) is 8. The maximum Gasteiger partial charge on any atom is 0.214 e. The predicted octanol–water partition coefficient (Wildman–Crippen LogP) is 1.91. The lowest BCUT2D eigenvalue weighted by Crippen LogP contribution is -2.49. The molecular formula is C21H30FN3O5. The van der Waals surface area contributed by atoms with Crippen molar-refractivity contribution in [2.24, 2.45) is 0 Å². The van der Waals surface area contributed by atoms with E-state index in [-0.39, 0.29) is 18.0 Å². The molecule has 30 heavy (non-hydrogen) atoms. The first-order valence-corrected chi connectivity index (χ1v) is 10.1. The van der Waals surface area contributed by atoms with E-state index < -0.39 is 30.0 Å². The summed E-state index contributed by atoms with van der Waals surface area (Å²) in [5.41, 5.74) is 0.700. The number of aliphatic hydroxyl groups excluding tert-OH is 2. The summed E-state index contributed by atoms with van der Waals surface area (Å²) in [6.45, 7) is 5.87. The lowest BCUT2D eigenvalue weighted by molar-refractivity contribution is -0.192. The number of methoxy groups -OCH3 is 1. The van der Waals surface area contributed by atoms with Gasteiger partial charge in [-0.3, -0.25) is 10.3 Å². The number of ether oxygens (including phenoxy) is 3. The second-order valence-electron chi connectivity index (χ2n) is 8.47. The Hall–Kier alpha value is -1.91. The van der Waals surface area contributed by atoms with Crippen LogP contribution in [0.25, 0.3) is 11.0 Å². The minimum atomic E-state index is -1.10. The Labute approximate surface area is 175 Å². The third-order valence-corrected chi connectivity index (χ3v) is 4.95. The summed E-state index contributed by atoms with van der Waals surface area (Å²) in [6, 6.07) is 3.26. The fraction of sp³-hybridized carbons (Fsp3) is 0.619. The maximum absolute atomic E-state index is 14.5. The lowest BCUT2D eigenvalue weighted by atomic mass is 9.96. The molecule has 0 amide bonds. The van der Waals surface area contributed by atoms with Gasteiger partial charge >= 0.3 is 0 Å². The largest absolute Gasteiger partial charge is 0.481 e. The van der Waals surface area contributed by atoms with Gasteiger partial charge in [-0.25, -0.2) is 9.37 Å². The molecule has 3 N–H and O–H groups in total. The number of fused-ring (bicyclic) bond motifs is 1. The Morgan fingerprint density at radius 1 is 1.30 bits per heavy atom. The molecule has 4 atom stereocenters. The topological polar surface area (TPSA) is 106 Å². The van der Waals surface area contributed by atoms with Gasteiger partial charge in [0, 0.05) is 24.1 Å². The third-order valence-electron chi connectivity index (χ3n) is 4.95. The SMILES string of the molecule is COc1ccc2ncc(F)c(CC(O)C3CCC(NC(O)OC(C)(C)C)CO3)c2n1. The molecule has 3 heterocycles. The van der Waals surface area contributed by atoms with Gasteiger partial charge in [0.15, 0.2) is 0 Å². The molecular weight excluding hydrogens is 393 g/mol. The van der Waals surface area contributed by atoms with E-state index in [0.29, 0.717) is 36.4 Å². The van der Waals surface area contributed by atoms with Crippen LogP contribution in [-0.2, 0) is 15.9 Å². The van der Waals surface area contributed by atoms with E-state index in [1.165, 1.54) is 7.11 Å². The molecule has 1 aliphatic heterocycles. The summed E-state index contributed by atoms with van der Waals surface area (Å²) in [5, 5.41) is 23.6. The van der Waals surface area contributed by atoms with E-state index in [9.17, 15) is 14.6 Å². The zero-order valence-electron chi connectivity index (χ0n) is 17.8. The number of pyridine rings is 2. The van der Waals surface area contributed by atoms with Crippen molar-refractivity contribution in [3.05, 3.63) is 29.7 Å². The van der Waals surface area contributed by atoms with Crippen LogP contribution in [0.5, 0.6) is 5.88 Å². The van der Waals surface area contributed by atoms with Gasteiger partial charge in [-0.15, -0.1) is 0 Å². The van der Waals surface area contributed by atoms with Crippen LogP contribution in [0.4, 0.5) is 4.39 Å². The highest BCUT2D eigenvalue weighted by Gasteiger charge is 2.30. The number of rotatable bonds is 7. The van der Waals surface area contributed by atoms with E-state index in [1.807, 2.05) is 20.8 Å². The zero-order chi connectivity index (χ0) is 21.9. The van der Waals surface area contributed by atoms with Crippen LogP contribution in [-0.4, -0.2) is 64.2 Å². The summed E-state index contributed by atoms with van der Waals surface area (Å²) in [5.74, 6) is -0.176. The fourth-order valence-electron chi connectivity index (χ4n) is 3.50. The maximum atomic E-state index is 14.5. The predicted molar refractivity (Wildman–Crippen MR) is 109 cm³/mol. The van der Waals surface area contributed by atoms with Gasteiger partial charge < -0.3 is 24.4 Å². The van der Waals surface area contributed by atoms with Crippen LogP contribution < -0.4 is 10.1 Å². The molecule has 1 aliphatic rings. The van der Waals surface area contributed by atoms with Crippen LogP contribution in [0.3, 0.4) is 0 Å². The van der Waals surface area contributed by atoms with Crippen molar-refractivity contribution in [1.82, 2.24) is 15.3 Å². The zero-order valence-corrected chi connectivity index (χ0v) is 17.8. The Morgan fingerprint density at radius 2 is 2.07 bits per heavy atom. The first kappa shape index (κ1) is 22.8. The number of nitrogens with zero attached hydrogens (tertiary/aromatic N) is 2. The molecule has 2 aromatic rings. The first-order valence-electron chi connectivity index (χ1n) is 10.1. The van der Waals surface area contributed by atoms with Gasteiger partial charge in [0.1, 0.15) is 5.82 Å². The van der Waals surface area contributed by atoms with Crippen LogP contribution >= 0.6 is 0 Å². The Balaban J connectivity index is 1.61. The van der Waals surface area contributed by atoms with E-state index in [1.54, 1.807) is 12.1 Å². The normalized spacial score (nSPS) is 22.1. The van der Waals surface area contributed by atoms with Crippen molar-refractivity contribution in [1.29, 1.82) is 0 Å². The molecule has 1 saturated heterocycles. The molecule has 4 unspecified atom stereocenters. The van der Waals surface area contributed by atoms with Gasteiger partial charge in [0.05, 0.1) is 48.8 Å². The molecule has 1 fully saturated rings. The van der Waals surface area contributed by atoms with Gasteiger partial charge in [-0.2, -0.15) is 0 Å². The first-order chi connectivity index (χ1) is 14.2. The molecule has 3 rings (SSSR count). The van der Waals surface area contributed by atoms with Crippen LogP contribution in [0, 0.1) is 5.82 Å². The van der Waals surface area contributed by atoms with Crippen molar-refractivity contribution in [3.63, 3.8) is 0 Å². The summed E-state index contributed by atoms with van der Waals surface area (Å²) in [4.78, 5) is 8.35. The quantitative estimate of drug-likeness (QED) is 0.580. The third kappa shape index (κ3) is 5.83. The van der Waals surface area contributed by atoms with Crippen molar-refractivity contribution in [2.45, 2.75) is 70.3 Å². The van der Waals surface area contributed by atoms with E-state index >= 15 is 0 Å². The van der Waals surface area contributed by atoms with E-state index in [2.05, 4.69) is 15.3 Å². The summed E-state index contributed by atoms with van der Waals surface area (Å²) < 4.78 is 30.8. The van der Waals surface area contributed by atoms with Crippen molar-refractivity contribution in [3.8, 4) is 5.88 Å². The molecule has 0 spiro atoms. The molecule has 8 nitrogen and oxygen atoms in total. The Kier molecular flexibility index (Phi) is 7.20. The minimum Gasteiger partial charge on any atom is -0.481 e. The number of aromatic nitrogens is 2. The monoisotopic (exact) mass is 423 g/mol. The van der Waals surface area contributed by atoms with Crippen LogP contribution in [0.2, 0.25) is 0 Å². The van der Waals surface area contributed by atoms with Crippen molar-refractivity contribution >= 4 is 11.0 Å². The highest BCUT2D eigenvalue weighted by atomic mass is 19.1. The summed E-state index contributed by atoms with van der Waals surface area (Å²) in [7, 11) is 1.49.